The summed E-state index contributed by atoms with van der Waals surface area (Å²) in [5.74, 6) is -2.02. The van der Waals surface area contributed by atoms with Gasteiger partial charge in [-0.05, 0) is 19.3 Å². The minimum atomic E-state index is -1.43. The average molecular weight is 202 g/mol. The van der Waals surface area contributed by atoms with Gasteiger partial charge in [0.1, 0.15) is 0 Å². The lowest BCUT2D eigenvalue weighted by Gasteiger charge is -2.28. The van der Waals surface area contributed by atoms with Gasteiger partial charge in [0.25, 0.3) is 0 Å². The Morgan fingerprint density at radius 3 is 2.29 bits per heavy atom. The molecule has 82 valence electrons. The number of rotatable bonds is 5. The lowest BCUT2D eigenvalue weighted by Crippen LogP contribution is -2.42. The molecule has 0 aliphatic rings. The van der Waals surface area contributed by atoms with Crippen LogP contribution in [-0.2, 0) is 14.3 Å². The molecule has 0 spiro atoms. The van der Waals surface area contributed by atoms with Crippen molar-refractivity contribution >= 4 is 11.9 Å². The van der Waals surface area contributed by atoms with E-state index in [-0.39, 0.29) is 5.92 Å². The molecule has 0 fully saturated rings. The van der Waals surface area contributed by atoms with E-state index in [1.165, 1.54) is 14.0 Å². The lowest BCUT2D eigenvalue weighted by molar-refractivity contribution is -0.169. The number of hydrogen-bond donors (Lipinski definition) is 1. The molecule has 0 aromatic rings. The number of ether oxygens (including phenoxy) is 1. The van der Waals surface area contributed by atoms with Gasteiger partial charge in [0.2, 0.25) is 0 Å². The number of hydrogen-bond acceptors (Lipinski definition) is 3. The predicted octanol–water partition coefficient (Wildman–Crippen LogP) is 1.69. The Bertz CT molecular complexity index is 224. The van der Waals surface area contributed by atoms with E-state index in [9.17, 15) is 9.59 Å². The maximum absolute atomic E-state index is 11.4. The molecule has 0 aromatic carbocycles. The molecule has 4 heteroatoms. The van der Waals surface area contributed by atoms with E-state index in [1.807, 2.05) is 6.92 Å². The second-order valence-corrected chi connectivity index (χ2v) is 3.69. The Labute approximate surface area is 84.3 Å². The summed E-state index contributed by atoms with van der Waals surface area (Å²) in [7, 11) is 1.21. The average Bonchev–Trinajstić information content (AvgIpc) is 2.15. The first-order chi connectivity index (χ1) is 6.41. The largest absolute Gasteiger partial charge is 0.480 e. The normalized spacial score (nSPS) is 16.9. The summed E-state index contributed by atoms with van der Waals surface area (Å²) < 4.78 is 4.52. The topological polar surface area (TPSA) is 63.6 Å². The van der Waals surface area contributed by atoms with E-state index >= 15 is 0 Å². The van der Waals surface area contributed by atoms with Gasteiger partial charge in [-0.3, -0.25) is 9.59 Å². The first kappa shape index (κ1) is 12.9. The van der Waals surface area contributed by atoms with Crippen LogP contribution < -0.4 is 0 Å². The zero-order valence-corrected chi connectivity index (χ0v) is 9.16. The highest BCUT2D eigenvalue weighted by Gasteiger charge is 2.46. The first-order valence-corrected chi connectivity index (χ1v) is 4.73. The summed E-state index contributed by atoms with van der Waals surface area (Å²) in [6.07, 6.45) is 1.54. The van der Waals surface area contributed by atoms with Crippen molar-refractivity contribution in [2.24, 2.45) is 11.3 Å². The maximum atomic E-state index is 11.4. The Morgan fingerprint density at radius 2 is 2.00 bits per heavy atom. The molecule has 0 aliphatic carbocycles. The van der Waals surface area contributed by atoms with Crippen molar-refractivity contribution in [1.29, 1.82) is 0 Å². The highest BCUT2D eigenvalue weighted by molar-refractivity contribution is 5.98. The number of esters is 1. The molecule has 4 nitrogen and oxygen atoms in total. The number of carbonyl (C=O) groups is 2. The van der Waals surface area contributed by atoms with Crippen molar-refractivity contribution in [3.05, 3.63) is 0 Å². The number of methoxy groups -OCH3 is 1. The van der Waals surface area contributed by atoms with Crippen LogP contribution in [0.15, 0.2) is 0 Å². The molecule has 0 aliphatic heterocycles. The fraction of sp³-hybridized carbons (Fsp3) is 0.800. The lowest BCUT2D eigenvalue weighted by atomic mass is 9.76. The van der Waals surface area contributed by atoms with Gasteiger partial charge in [0.15, 0.2) is 5.41 Å². The van der Waals surface area contributed by atoms with Crippen LogP contribution in [0.5, 0.6) is 0 Å². The molecular formula is C10H18O4. The molecule has 2 unspecified atom stereocenters. The molecule has 0 bridgehead atoms. The third kappa shape index (κ3) is 2.25. The van der Waals surface area contributed by atoms with Gasteiger partial charge in [-0.1, -0.05) is 20.3 Å². The third-order valence-corrected chi connectivity index (χ3v) is 2.76. The quantitative estimate of drug-likeness (QED) is 0.544. The molecule has 0 radical (unpaired) electrons. The summed E-state index contributed by atoms with van der Waals surface area (Å²) in [6, 6.07) is 0. The SMILES string of the molecule is CCCC(C)C(C)(C(=O)O)C(=O)OC. The van der Waals surface area contributed by atoms with Crippen LogP contribution in [0, 0.1) is 11.3 Å². The Morgan fingerprint density at radius 1 is 1.50 bits per heavy atom. The summed E-state index contributed by atoms with van der Waals surface area (Å²) >= 11 is 0. The number of carboxylic acid groups (broad SMARTS) is 1. The fourth-order valence-corrected chi connectivity index (χ4v) is 1.43. The zero-order chi connectivity index (χ0) is 11.4. The second-order valence-electron chi connectivity index (χ2n) is 3.69. The third-order valence-electron chi connectivity index (χ3n) is 2.76. The van der Waals surface area contributed by atoms with Gasteiger partial charge < -0.3 is 9.84 Å². The van der Waals surface area contributed by atoms with Gasteiger partial charge in [0.05, 0.1) is 7.11 Å². The highest BCUT2D eigenvalue weighted by Crippen LogP contribution is 2.32. The minimum absolute atomic E-state index is 0.225. The Hall–Kier alpha value is -1.06. The standard InChI is InChI=1S/C10H18O4/c1-5-6-7(2)10(3,8(11)12)9(13)14-4/h7H,5-6H2,1-4H3,(H,11,12). The predicted molar refractivity (Wildman–Crippen MR) is 51.8 cm³/mol. The van der Waals surface area contributed by atoms with Crippen LogP contribution in [0.3, 0.4) is 0 Å². The van der Waals surface area contributed by atoms with Crippen LogP contribution in [-0.4, -0.2) is 24.2 Å². The summed E-state index contributed by atoms with van der Waals surface area (Å²) in [6.45, 7) is 5.13. The van der Waals surface area contributed by atoms with E-state index in [2.05, 4.69) is 4.74 Å². The van der Waals surface area contributed by atoms with E-state index < -0.39 is 17.4 Å². The van der Waals surface area contributed by atoms with Crippen molar-refractivity contribution in [2.45, 2.75) is 33.6 Å². The van der Waals surface area contributed by atoms with Crippen molar-refractivity contribution in [3.8, 4) is 0 Å². The summed E-state index contributed by atoms with van der Waals surface area (Å²) in [5, 5.41) is 9.03. The van der Waals surface area contributed by atoms with Crippen molar-refractivity contribution in [1.82, 2.24) is 0 Å². The fourth-order valence-electron chi connectivity index (χ4n) is 1.43. The minimum Gasteiger partial charge on any atom is -0.480 e. The molecule has 0 saturated heterocycles. The van der Waals surface area contributed by atoms with Gasteiger partial charge in [-0.15, -0.1) is 0 Å². The van der Waals surface area contributed by atoms with E-state index in [1.54, 1.807) is 6.92 Å². The molecule has 0 aromatic heterocycles. The maximum Gasteiger partial charge on any atom is 0.323 e. The van der Waals surface area contributed by atoms with E-state index in [4.69, 9.17) is 5.11 Å². The zero-order valence-electron chi connectivity index (χ0n) is 9.16. The van der Waals surface area contributed by atoms with Gasteiger partial charge in [-0.25, -0.2) is 0 Å². The molecule has 0 amide bonds. The molecule has 0 saturated carbocycles. The van der Waals surface area contributed by atoms with Crippen LogP contribution in [0.4, 0.5) is 0 Å². The second kappa shape index (κ2) is 4.98. The van der Waals surface area contributed by atoms with Crippen molar-refractivity contribution < 1.29 is 19.4 Å². The van der Waals surface area contributed by atoms with Gasteiger partial charge in [-0.2, -0.15) is 0 Å². The molecular weight excluding hydrogens is 184 g/mol. The molecule has 14 heavy (non-hydrogen) atoms. The molecule has 0 heterocycles. The number of carbonyl (C=O) groups excluding carboxylic acids is 1. The number of carboxylic acids is 1. The van der Waals surface area contributed by atoms with Crippen LogP contribution in [0.2, 0.25) is 0 Å². The van der Waals surface area contributed by atoms with Gasteiger partial charge >= 0.3 is 11.9 Å². The first-order valence-electron chi connectivity index (χ1n) is 4.73. The Kier molecular flexibility index (Phi) is 4.60. The highest BCUT2D eigenvalue weighted by atomic mass is 16.5. The Balaban J connectivity index is 4.89. The van der Waals surface area contributed by atoms with Crippen LogP contribution in [0.1, 0.15) is 33.6 Å². The van der Waals surface area contributed by atoms with Crippen LogP contribution in [0.25, 0.3) is 0 Å². The summed E-state index contributed by atoms with van der Waals surface area (Å²) in [5.41, 5.74) is -1.43. The van der Waals surface area contributed by atoms with Crippen LogP contribution >= 0.6 is 0 Å². The van der Waals surface area contributed by atoms with Crippen molar-refractivity contribution in [3.63, 3.8) is 0 Å². The molecule has 2 atom stereocenters. The molecule has 1 N–H and O–H groups in total. The smallest absolute Gasteiger partial charge is 0.323 e. The number of aliphatic carboxylic acids is 1. The monoisotopic (exact) mass is 202 g/mol. The van der Waals surface area contributed by atoms with Gasteiger partial charge in [0, 0.05) is 0 Å². The summed E-state index contributed by atoms with van der Waals surface area (Å²) in [4.78, 5) is 22.4. The van der Waals surface area contributed by atoms with E-state index in [0.717, 1.165) is 6.42 Å². The molecule has 0 rings (SSSR count). The van der Waals surface area contributed by atoms with Crippen molar-refractivity contribution in [2.75, 3.05) is 7.11 Å². The van der Waals surface area contributed by atoms with E-state index in [0.29, 0.717) is 6.42 Å².